The highest BCUT2D eigenvalue weighted by molar-refractivity contribution is 7.19. The lowest BCUT2D eigenvalue weighted by Crippen LogP contribution is -1.98. The Morgan fingerprint density at radius 3 is 2.82 bits per heavy atom. The van der Waals surface area contributed by atoms with Crippen molar-refractivity contribution < 1.29 is 4.39 Å². The highest BCUT2D eigenvalue weighted by Gasteiger charge is 2.12. The first-order valence-corrected chi connectivity index (χ1v) is 6.50. The topological polar surface area (TPSA) is 24.9 Å². The van der Waals surface area contributed by atoms with Crippen LogP contribution in [0.5, 0.6) is 0 Å². The Morgan fingerprint density at radius 1 is 1.35 bits per heavy atom. The van der Waals surface area contributed by atoms with Gasteiger partial charge in [-0.15, -0.1) is 0 Å². The lowest BCUT2D eigenvalue weighted by atomic mass is 10.1. The monoisotopic (exact) mass is 250 g/mol. The van der Waals surface area contributed by atoms with Gasteiger partial charge in [-0.2, -0.15) is 0 Å². The number of aryl methyl sites for hydroxylation is 1. The van der Waals surface area contributed by atoms with E-state index in [2.05, 4.69) is 17.2 Å². The summed E-state index contributed by atoms with van der Waals surface area (Å²) in [7, 11) is 0. The second kappa shape index (κ2) is 5.27. The second-order valence-corrected chi connectivity index (χ2v) is 4.84. The molecular formula is C13H15FN2S. The molecule has 2 nitrogen and oxygen atoms in total. The first-order valence-electron chi connectivity index (χ1n) is 5.68. The minimum Gasteiger partial charge on any atom is -0.362 e. The van der Waals surface area contributed by atoms with Crippen molar-refractivity contribution in [1.82, 2.24) is 4.98 Å². The van der Waals surface area contributed by atoms with E-state index in [1.807, 2.05) is 13.0 Å². The van der Waals surface area contributed by atoms with Gasteiger partial charge in [0.2, 0.25) is 0 Å². The van der Waals surface area contributed by atoms with Crippen LogP contribution in [0, 0.1) is 12.7 Å². The van der Waals surface area contributed by atoms with E-state index in [0.29, 0.717) is 5.56 Å². The number of hydrogen-bond donors (Lipinski definition) is 1. The van der Waals surface area contributed by atoms with Crippen molar-refractivity contribution in [3.05, 3.63) is 35.8 Å². The maximum Gasteiger partial charge on any atom is 0.183 e. The van der Waals surface area contributed by atoms with Gasteiger partial charge in [0.15, 0.2) is 5.13 Å². The van der Waals surface area contributed by atoms with Gasteiger partial charge < -0.3 is 5.32 Å². The van der Waals surface area contributed by atoms with Crippen LogP contribution in [-0.4, -0.2) is 11.5 Å². The number of halogens is 1. The van der Waals surface area contributed by atoms with Gasteiger partial charge in [-0.05, 0) is 19.4 Å². The Kier molecular flexibility index (Phi) is 3.74. The molecule has 0 aliphatic rings. The Labute approximate surface area is 105 Å². The highest BCUT2D eigenvalue weighted by Crippen LogP contribution is 2.33. The zero-order valence-electron chi connectivity index (χ0n) is 9.96. The van der Waals surface area contributed by atoms with Gasteiger partial charge in [-0.25, -0.2) is 9.37 Å². The van der Waals surface area contributed by atoms with E-state index >= 15 is 0 Å². The van der Waals surface area contributed by atoms with Crippen LogP contribution in [0.1, 0.15) is 19.0 Å². The molecule has 90 valence electrons. The summed E-state index contributed by atoms with van der Waals surface area (Å²) in [4.78, 5) is 5.31. The average molecular weight is 250 g/mol. The maximum atomic E-state index is 13.7. The summed E-state index contributed by atoms with van der Waals surface area (Å²) in [6, 6.07) is 6.81. The van der Waals surface area contributed by atoms with Gasteiger partial charge in [0, 0.05) is 12.1 Å². The van der Waals surface area contributed by atoms with E-state index in [1.54, 1.807) is 12.1 Å². The van der Waals surface area contributed by atoms with Crippen LogP contribution in [0.2, 0.25) is 0 Å². The van der Waals surface area contributed by atoms with Crippen LogP contribution in [0.4, 0.5) is 9.52 Å². The third-order valence-electron chi connectivity index (χ3n) is 2.44. The smallest absolute Gasteiger partial charge is 0.183 e. The Morgan fingerprint density at radius 2 is 2.12 bits per heavy atom. The molecule has 0 fully saturated rings. The number of hydrogen-bond acceptors (Lipinski definition) is 3. The van der Waals surface area contributed by atoms with Crippen molar-refractivity contribution in [2.45, 2.75) is 20.3 Å². The number of thiazole rings is 1. The van der Waals surface area contributed by atoms with Gasteiger partial charge in [-0.1, -0.05) is 36.5 Å². The van der Waals surface area contributed by atoms with E-state index in [4.69, 9.17) is 0 Å². The van der Waals surface area contributed by atoms with Crippen molar-refractivity contribution >= 4 is 16.5 Å². The Bertz CT molecular complexity index is 508. The summed E-state index contributed by atoms with van der Waals surface area (Å²) in [5.41, 5.74) is 1.51. The van der Waals surface area contributed by atoms with Crippen LogP contribution in [-0.2, 0) is 0 Å². The molecule has 2 aromatic rings. The van der Waals surface area contributed by atoms with Crippen LogP contribution >= 0.6 is 11.3 Å². The summed E-state index contributed by atoms with van der Waals surface area (Å²) in [5, 5.41) is 4.09. The number of benzene rings is 1. The number of anilines is 1. The molecule has 1 aromatic heterocycles. The lowest BCUT2D eigenvalue weighted by Gasteiger charge is -1.99. The zero-order chi connectivity index (χ0) is 12.3. The van der Waals surface area contributed by atoms with Gasteiger partial charge >= 0.3 is 0 Å². The summed E-state index contributed by atoms with van der Waals surface area (Å²) >= 11 is 1.50. The normalized spacial score (nSPS) is 10.5. The number of rotatable bonds is 4. The van der Waals surface area contributed by atoms with E-state index in [0.717, 1.165) is 28.7 Å². The summed E-state index contributed by atoms with van der Waals surface area (Å²) in [5.74, 6) is -0.193. The average Bonchev–Trinajstić information content (AvgIpc) is 2.68. The molecule has 0 radical (unpaired) electrons. The minimum absolute atomic E-state index is 0.193. The van der Waals surface area contributed by atoms with E-state index < -0.39 is 0 Å². The number of aromatic nitrogens is 1. The first kappa shape index (κ1) is 12.0. The van der Waals surface area contributed by atoms with E-state index in [1.165, 1.54) is 17.4 Å². The molecule has 1 N–H and O–H groups in total. The molecule has 1 aromatic carbocycles. The lowest BCUT2D eigenvalue weighted by molar-refractivity contribution is 0.631. The minimum atomic E-state index is -0.193. The van der Waals surface area contributed by atoms with Gasteiger partial charge in [-0.3, -0.25) is 0 Å². The summed E-state index contributed by atoms with van der Waals surface area (Å²) in [6.45, 7) is 4.91. The van der Waals surface area contributed by atoms with Crippen molar-refractivity contribution in [3.8, 4) is 10.4 Å². The standard InChI is InChI=1S/C13H15FN2S/c1-3-8-15-13-16-9(2)12(17-13)10-6-4-5-7-11(10)14/h4-7H,3,8H2,1-2H3,(H,15,16). The SMILES string of the molecule is CCCNc1nc(C)c(-c2ccccc2F)s1. The molecule has 0 aliphatic carbocycles. The van der Waals surface area contributed by atoms with Crippen LogP contribution in [0.15, 0.2) is 24.3 Å². The third kappa shape index (κ3) is 2.64. The third-order valence-corrected chi connectivity index (χ3v) is 3.59. The predicted octanol–water partition coefficient (Wildman–Crippen LogP) is 4.08. The van der Waals surface area contributed by atoms with Crippen molar-refractivity contribution in [2.75, 3.05) is 11.9 Å². The molecule has 0 bridgehead atoms. The molecule has 4 heteroatoms. The molecular weight excluding hydrogens is 235 g/mol. The van der Waals surface area contributed by atoms with Gasteiger partial charge in [0.1, 0.15) is 5.82 Å². The van der Waals surface area contributed by atoms with Crippen molar-refractivity contribution in [2.24, 2.45) is 0 Å². The molecule has 0 aliphatic heterocycles. The highest BCUT2D eigenvalue weighted by atomic mass is 32.1. The second-order valence-electron chi connectivity index (χ2n) is 3.84. The number of nitrogens with one attached hydrogen (secondary N) is 1. The fourth-order valence-corrected chi connectivity index (χ4v) is 2.62. The molecule has 0 atom stereocenters. The van der Waals surface area contributed by atoms with Crippen LogP contribution < -0.4 is 5.32 Å². The van der Waals surface area contributed by atoms with E-state index in [-0.39, 0.29) is 5.82 Å². The summed E-state index contributed by atoms with van der Waals surface area (Å²) < 4.78 is 13.7. The molecule has 0 saturated heterocycles. The molecule has 2 rings (SSSR count). The quantitative estimate of drug-likeness (QED) is 0.884. The fraction of sp³-hybridized carbons (Fsp3) is 0.308. The maximum absolute atomic E-state index is 13.7. The largest absolute Gasteiger partial charge is 0.362 e. The fourth-order valence-electron chi connectivity index (χ4n) is 1.60. The molecule has 17 heavy (non-hydrogen) atoms. The zero-order valence-corrected chi connectivity index (χ0v) is 10.8. The molecule has 0 amide bonds. The molecule has 1 heterocycles. The van der Waals surface area contributed by atoms with Crippen molar-refractivity contribution in [1.29, 1.82) is 0 Å². The van der Waals surface area contributed by atoms with Crippen LogP contribution in [0.3, 0.4) is 0 Å². The van der Waals surface area contributed by atoms with Gasteiger partial charge in [0.05, 0.1) is 10.6 Å². The van der Waals surface area contributed by atoms with Crippen LogP contribution in [0.25, 0.3) is 10.4 Å². The van der Waals surface area contributed by atoms with Gasteiger partial charge in [0.25, 0.3) is 0 Å². The Hall–Kier alpha value is -1.42. The predicted molar refractivity (Wildman–Crippen MR) is 71.0 cm³/mol. The molecule has 0 spiro atoms. The first-order chi connectivity index (χ1) is 8.22. The molecule has 0 unspecified atom stereocenters. The number of nitrogens with zero attached hydrogens (tertiary/aromatic N) is 1. The van der Waals surface area contributed by atoms with E-state index in [9.17, 15) is 4.39 Å². The summed E-state index contributed by atoms with van der Waals surface area (Å²) in [6.07, 6.45) is 1.05. The molecule has 0 saturated carbocycles. The van der Waals surface area contributed by atoms with Crippen molar-refractivity contribution in [3.63, 3.8) is 0 Å². The Balaban J connectivity index is 2.33.